The van der Waals surface area contributed by atoms with Gasteiger partial charge in [-0.3, -0.25) is 4.79 Å². The molecule has 0 aliphatic rings. The van der Waals surface area contributed by atoms with E-state index in [0.29, 0.717) is 5.56 Å². The van der Waals surface area contributed by atoms with Gasteiger partial charge in [0.2, 0.25) is 0 Å². The summed E-state index contributed by atoms with van der Waals surface area (Å²) in [7, 11) is -3.48. The Morgan fingerprint density at radius 3 is 2.18 bits per heavy atom. The minimum absolute atomic E-state index is 0.121. The molecule has 0 saturated carbocycles. The van der Waals surface area contributed by atoms with Crippen LogP contribution in [0.4, 0.5) is 0 Å². The Morgan fingerprint density at radius 2 is 1.77 bits per heavy atom. The van der Waals surface area contributed by atoms with Gasteiger partial charge in [0, 0.05) is 11.8 Å². The molecule has 22 heavy (non-hydrogen) atoms. The standard InChI is InChI=1S/C15H23N3O3S/c1-5-10(6-2)12-8-7-11(14(19)18-15(16)17)9(3)13(12)22(4,20)21/h7-8,10H,5-6H2,1-4H3,(H4,16,17,18,19). The van der Waals surface area contributed by atoms with Crippen molar-refractivity contribution in [2.75, 3.05) is 6.26 Å². The smallest absolute Gasteiger partial charge is 0.280 e. The van der Waals surface area contributed by atoms with Crippen molar-refractivity contribution in [3.8, 4) is 0 Å². The summed E-state index contributed by atoms with van der Waals surface area (Å²) in [5.41, 5.74) is 11.8. The Morgan fingerprint density at radius 1 is 1.23 bits per heavy atom. The van der Waals surface area contributed by atoms with Gasteiger partial charge in [0.25, 0.3) is 5.91 Å². The average Bonchev–Trinajstić information content (AvgIpc) is 2.37. The number of rotatable bonds is 5. The maximum absolute atomic E-state index is 12.2. The van der Waals surface area contributed by atoms with Crippen molar-refractivity contribution in [1.29, 1.82) is 0 Å². The number of benzene rings is 1. The third-order valence-electron chi connectivity index (χ3n) is 3.69. The summed E-state index contributed by atoms with van der Waals surface area (Å²) < 4.78 is 24.4. The number of hydrogen-bond donors (Lipinski definition) is 2. The molecule has 0 heterocycles. The summed E-state index contributed by atoms with van der Waals surface area (Å²) in [5.74, 6) is -0.872. The predicted molar refractivity (Wildman–Crippen MR) is 87.8 cm³/mol. The predicted octanol–water partition coefficient (Wildman–Crippen LogP) is 1.72. The maximum Gasteiger partial charge on any atom is 0.280 e. The van der Waals surface area contributed by atoms with Gasteiger partial charge in [-0.1, -0.05) is 19.9 Å². The molecule has 7 heteroatoms. The van der Waals surface area contributed by atoms with Crippen LogP contribution >= 0.6 is 0 Å². The lowest BCUT2D eigenvalue weighted by atomic mass is 9.91. The molecule has 0 fully saturated rings. The van der Waals surface area contributed by atoms with E-state index < -0.39 is 15.7 Å². The molecule has 1 rings (SSSR count). The quantitative estimate of drug-likeness (QED) is 0.631. The summed E-state index contributed by atoms with van der Waals surface area (Å²) in [6, 6.07) is 3.28. The molecule has 0 aliphatic heterocycles. The Balaban J connectivity index is 3.65. The van der Waals surface area contributed by atoms with E-state index in [1.54, 1.807) is 19.1 Å². The van der Waals surface area contributed by atoms with Crippen molar-refractivity contribution in [1.82, 2.24) is 0 Å². The molecule has 0 radical (unpaired) electrons. The Kier molecular flexibility index (Phi) is 5.71. The maximum atomic E-state index is 12.2. The van der Waals surface area contributed by atoms with Gasteiger partial charge >= 0.3 is 0 Å². The first-order valence-electron chi connectivity index (χ1n) is 7.10. The highest BCUT2D eigenvalue weighted by Crippen LogP contribution is 2.33. The Bertz CT molecular complexity index is 701. The summed E-state index contributed by atoms with van der Waals surface area (Å²) >= 11 is 0. The zero-order chi connectivity index (χ0) is 17.1. The van der Waals surface area contributed by atoms with E-state index in [-0.39, 0.29) is 22.3 Å². The van der Waals surface area contributed by atoms with Crippen LogP contribution in [-0.2, 0) is 9.84 Å². The number of hydrogen-bond acceptors (Lipinski definition) is 3. The van der Waals surface area contributed by atoms with Gasteiger partial charge in [-0.15, -0.1) is 0 Å². The van der Waals surface area contributed by atoms with Gasteiger partial charge in [0.1, 0.15) is 0 Å². The van der Waals surface area contributed by atoms with Crippen LogP contribution in [0.1, 0.15) is 54.1 Å². The number of amides is 1. The summed E-state index contributed by atoms with van der Waals surface area (Å²) in [4.78, 5) is 15.7. The van der Waals surface area contributed by atoms with Crippen molar-refractivity contribution >= 4 is 21.7 Å². The van der Waals surface area contributed by atoms with E-state index in [2.05, 4.69) is 4.99 Å². The van der Waals surface area contributed by atoms with Gasteiger partial charge in [-0.2, -0.15) is 4.99 Å². The molecular formula is C15H23N3O3S. The highest BCUT2D eigenvalue weighted by atomic mass is 32.2. The number of carbonyl (C=O) groups is 1. The van der Waals surface area contributed by atoms with Crippen LogP contribution in [0.15, 0.2) is 22.0 Å². The molecule has 0 saturated heterocycles. The zero-order valence-electron chi connectivity index (χ0n) is 13.4. The molecular weight excluding hydrogens is 302 g/mol. The molecule has 122 valence electrons. The average molecular weight is 325 g/mol. The fraction of sp³-hybridized carbons (Fsp3) is 0.467. The van der Waals surface area contributed by atoms with E-state index in [0.717, 1.165) is 24.7 Å². The minimum atomic E-state index is -3.48. The van der Waals surface area contributed by atoms with Crippen molar-refractivity contribution in [3.05, 3.63) is 28.8 Å². The lowest BCUT2D eigenvalue weighted by molar-refractivity contribution is 0.100. The minimum Gasteiger partial charge on any atom is -0.370 e. The van der Waals surface area contributed by atoms with Crippen molar-refractivity contribution in [2.45, 2.75) is 44.4 Å². The van der Waals surface area contributed by atoms with Gasteiger partial charge in [0.05, 0.1) is 4.90 Å². The van der Waals surface area contributed by atoms with E-state index in [1.165, 1.54) is 0 Å². The molecule has 0 spiro atoms. The van der Waals surface area contributed by atoms with Crippen LogP contribution in [0.5, 0.6) is 0 Å². The summed E-state index contributed by atoms with van der Waals surface area (Å²) in [6.45, 7) is 5.62. The lowest BCUT2D eigenvalue weighted by Gasteiger charge is -2.19. The zero-order valence-corrected chi connectivity index (χ0v) is 14.2. The fourth-order valence-electron chi connectivity index (χ4n) is 2.66. The highest BCUT2D eigenvalue weighted by molar-refractivity contribution is 7.90. The molecule has 1 aromatic carbocycles. The largest absolute Gasteiger partial charge is 0.370 e. The van der Waals surface area contributed by atoms with Gasteiger partial charge in [0.15, 0.2) is 15.8 Å². The van der Waals surface area contributed by atoms with Crippen LogP contribution in [0, 0.1) is 6.92 Å². The van der Waals surface area contributed by atoms with E-state index in [9.17, 15) is 13.2 Å². The number of aliphatic imine (C=N–C) groups is 1. The molecule has 0 aromatic heterocycles. The van der Waals surface area contributed by atoms with Crippen LogP contribution < -0.4 is 11.5 Å². The molecule has 0 atom stereocenters. The number of guanidine groups is 1. The highest BCUT2D eigenvalue weighted by Gasteiger charge is 2.24. The summed E-state index contributed by atoms with van der Waals surface area (Å²) in [5, 5.41) is 0. The molecule has 4 N–H and O–H groups in total. The molecule has 0 unspecified atom stereocenters. The van der Waals surface area contributed by atoms with Crippen LogP contribution in [0.2, 0.25) is 0 Å². The topological polar surface area (TPSA) is 116 Å². The number of nitrogens with zero attached hydrogens (tertiary/aromatic N) is 1. The molecule has 0 aliphatic carbocycles. The Labute approximate surface area is 131 Å². The van der Waals surface area contributed by atoms with Crippen molar-refractivity contribution in [3.63, 3.8) is 0 Å². The normalized spacial score (nSPS) is 11.5. The second kappa shape index (κ2) is 6.91. The van der Waals surface area contributed by atoms with E-state index in [4.69, 9.17) is 11.5 Å². The van der Waals surface area contributed by atoms with E-state index in [1.807, 2.05) is 13.8 Å². The molecule has 1 amide bonds. The SMILES string of the molecule is CCC(CC)c1ccc(C(=O)N=C(N)N)c(C)c1S(C)(=O)=O. The van der Waals surface area contributed by atoms with Crippen LogP contribution in [-0.4, -0.2) is 26.5 Å². The Hall–Kier alpha value is -1.89. The first kappa shape index (κ1) is 18.2. The first-order valence-corrected chi connectivity index (χ1v) is 9.00. The van der Waals surface area contributed by atoms with Gasteiger partial charge in [-0.25, -0.2) is 8.42 Å². The van der Waals surface area contributed by atoms with Crippen molar-refractivity contribution in [2.24, 2.45) is 16.5 Å². The van der Waals surface area contributed by atoms with Crippen LogP contribution in [0.25, 0.3) is 0 Å². The second-order valence-electron chi connectivity index (χ2n) is 5.28. The second-order valence-corrected chi connectivity index (χ2v) is 7.24. The third-order valence-corrected chi connectivity index (χ3v) is 4.98. The first-order chi connectivity index (χ1) is 10.1. The van der Waals surface area contributed by atoms with E-state index >= 15 is 0 Å². The number of nitrogens with two attached hydrogens (primary N) is 2. The molecule has 1 aromatic rings. The lowest BCUT2D eigenvalue weighted by Crippen LogP contribution is -2.24. The van der Waals surface area contributed by atoms with Gasteiger partial charge < -0.3 is 11.5 Å². The fourth-order valence-corrected chi connectivity index (χ4v) is 3.99. The summed E-state index contributed by atoms with van der Waals surface area (Å²) in [6.07, 6.45) is 2.79. The third kappa shape index (κ3) is 3.85. The molecule has 6 nitrogen and oxygen atoms in total. The van der Waals surface area contributed by atoms with Gasteiger partial charge in [-0.05, 0) is 42.9 Å². The van der Waals surface area contributed by atoms with Crippen molar-refractivity contribution < 1.29 is 13.2 Å². The number of sulfone groups is 1. The monoisotopic (exact) mass is 325 g/mol. The number of carbonyl (C=O) groups excluding carboxylic acids is 1. The molecule has 0 bridgehead atoms. The van der Waals surface area contributed by atoms with Crippen LogP contribution in [0.3, 0.4) is 0 Å².